The van der Waals surface area contributed by atoms with Crippen LogP contribution < -0.4 is 5.32 Å². The van der Waals surface area contributed by atoms with E-state index in [0.717, 1.165) is 30.8 Å². The fourth-order valence-electron chi connectivity index (χ4n) is 3.40. The van der Waals surface area contributed by atoms with Crippen LogP contribution in [0.1, 0.15) is 19.3 Å². The van der Waals surface area contributed by atoms with Crippen molar-refractivity contribution in [2.45, 2.75) is 30.6 Å². The van der Waals surface area contributed by atoms with Gasteiger partial charge in [0.2, 0.25) is 11.8 Å². The number of anilines is 1. The largest absolute Gasteiger partial charge is 0.376 e. The minimum absolute atomic E-state index is 0.0254. The summed E-state index contributed by atoms with van der Waals surface area (Å²) in [5.74, 6) is -0.261. The van der Waals surface area contributed by atoms with Crippen LogP contribution in [0.25, 0.3) is 0 Å². The van der Waals surface area contributed by atoms with E-state index in [0.29, 0.717) is 11.7 Å². The van der Waals surface area contributed by atoms with Crippen molar-refractivity contribution in [3.63, 3.8) is 0 Å². The molecule has 150 valence electrons. The maximum Gasteiger partial charge on any atom is 0.242 e. The number of aliphatic imine (C=N–C) groups is 1. The Balaban J connectivity index is 1.48. The lowest BCUT2D eigenvalue weighted by molar-refractivity contribution is -0.129. The third-order valence-electron chi connectivity index (χ3n) is 4.84. The Hall–Kier alpha value is -2.64. The molecule has 6 nitrogen and oxygen atoms in total. The minimum Gasteiger partial charge on any atom is -0.376 e. The molecule has 0 radical (unpaired) electrons. The summed E-state index contributed by atoms with van der Waals surface area (Å²) >= 11 is 1.35. The number of amidine groups is 1. The van der Waals surface area contributed by atoms with E-state index in [1.54, 1.807) is 4.90 Å². The lowest BCUT2D eigenvalue weighted by atomic mass is 10.2. The van der Waals surface area contributed by atoms with Crippen LogP contribution in [0, 0.1) is 0 Å². The van der Waals surface area contributed by atoms with E-state index >= 15 is 0 Å². The number of amides is 2. The molecule has 2 heterocycles. The summed E-state index contributed by atoms with van der Waals surface area (Å²) in [4.78, 5) is 31.9. The van der Waals surface area contributed by atoms with Gasteiger partial charge >= 0.3 is 0 Å². The van der Waals surface area contributed by atoms with Crippen LogP contribution in [0.4, 0.5) is 11.4 Å². The Morgan fingerprint density at radius 1 is 1.14 bits per heavy atom. The van der Waals surface area contributed by atoms with Crippen molar-refractivity contribution in [3.8, 4) is 0 Å². The molecule has 2 amide bonds. The average molecular weight is 410 g/mol. The number of nitrogens with zero attached hydrogens (tertiary/aromatic N) is 2. The van der Waals surface area contributed by atoms with Crippen molar-refractivity contribution in [2.75, 3.05) is 18.5 Å². The summed E-state index contributed by atoms with van der Waals surface area (Å²) < 4.78 is 5.72. The quantitative estimate of drug-likeness (QED) is 0.787. The summed E-state index contributed by atoms with van der Waals surface area (Å²) in [6.07, 6.45) is 2.08. The van der Waals surface area contributed by atoms with Crippen molar-refractivity contribution in [3.05, 3.63) is 60.7 Å². The molecule has 1 N–H and O–H groups in total. The number of nitrogens with one attached hydrogen (secondary N) is 1. The monoisotopic (exact) mass is 409 g/mol. The van der Waals surface area contributed by atoms with Gasteiger partial charge in [0.1, 0.15) is 5.25 Å². The van der Waals surface area contributed by atoms with Gasteiger partial charge in [-0.05, 0) is 37.1 Å². The van der Waals surface area contributed by atoms with Crippen molar-refractivity contribution in [1.82, 2.24) is 4.90 Å². The number of hydrogen-bond acceptors (Lipinski definition) is 5. The molecule has 2 fully saturated rings. The maximum absolute atomic E-state index is 13.1. The highest BCUT2D eigenvalue weighted by atomic mass is 32.2. The Kier molecular flexibility index (Phi) is 6.27. The summed E-state index contributed by atoms with van der Waals surface area (Å²) in [6.45, 7) is 1.21. The van der Waals surface area contributed by atoms with Crippen LogP contribution in [-0.2, 0) is 14.3 Å². The van der Waals surface area contributed by atoms with E-state index < -0.39 is 5.25 Å². The molecule has 0 spiro atoms. The zero-order valence-corrected chi connectivity index (χ0v) is 16.8. The van der Waals surface area contributed by atoms with E-state index in [2.05, 4.69) is 10.3 Å². The highest BCUT2D eigenvalue weighted by Gasteiger charge is 2.40. The third-order valence-corrected chi connectivity index (χ3v) is 6.01. The van der Waals surface area contributed by atoms with Crippen LogP contribution in [0.2, 0.25) is 0 Å². The average Bonchev–Trinajstić information content (AvgIpc) is 3.34. The van der Waals surface area contributed by atoms with Crippen LogP contribution in [-0.4, -0.2) is 46.4 Å². The highest BCUT2D eigenvalue weighted by Crippen LogP contribution is 2.33. The predicted molar refractivity (Wildman–Crippen MR) is 115 cm³/mol. The molecule has 7 heteroatoms. The summed E-state index contributed by atoms with van der Waals surface area (Å²) in [5, 5.41) is 3.00. The fraction of sp³-hybridized carbons (Fsp3) is 0.318. The van der Waals surface area contributed by atoms with Crippen LogP contribution >= 0.6 is 11.8 Å². The zero-order valence-electron chi connectivity index (χ0n) is 16.0. The Morgan fingerprint density at radius 3 is 2.55 bits per heavy atom. The minimum atomic E-state index is -0.484. The highest BCUT2D eigenvalue weighted by molar-refractivity contribution is 8.15. The van der Waals surface area contributed by atoms with E-state index in [9.17, 15) is 9.59 Å². The van der Waals surface area contributed by atoms with Gasteiger partial charge in [-0.2, -0.15) is 0 Å². The molecule has 2 saturated heterocycles. The smallest absolute Gasteiger partial charge is 0.242 e. The first-order valence-corrected chi connectivity index (χ1v) is 10.7. The van der Waals surface area contributed by atoms with Gasteiger partial charge < -0.3 is 10.1 Å². The molecule has 2 atom stereocenters. The molecule has 2 aromatic rings. The zero-order chi connectivity index (χ0) is 20.1. The van der Waals surface area contributed by atoms with Gasteiger partial charge in [0.25, 0.3) is 0 Å². The second kappa shape index (κ2) is 9.24. The SMILES string of the molecule is O=C(CC1SC(=Nc2ccccc2)N(CC2CCCO2)C1=O)Nc1ccccc1. The number of hydrogen-bond donors (Lipinski definition) is 1. The summed E-state index contributed by atoms with van der Waals surface area (Å²) in [5.41, 5.74) is 1.51. The lowest BCUT2D eigenvalue weighted by Gasteiger charge is -2.20. The topological polar surface area (TPSA) is 71.0 Å². The van der Waals surface area contributed by atoms with E-state index in [1.165, 1.54) is 11.8 Å². The molecule has 29 heavy (non-hydrogen) atoms. The van der Waals surface area contributed by atoms with Crippen LogP contribution in [0.5, 0.6) is 0 Å². The first-order valence-electron chi connectivity index (χ1n) is 9.77. The molecular weight excluding hydrogens is 386 g/mol. The van der Waals surface area contributed by atoms with Gasteiger partial charge in [-0.1, -0.05) is 48.2 Å². The summed E-state index contributed by atoms with van der Waals surface area (Å²) in [7, 11) is 0. The normalized spacial score (nSPS) is 23.0. The number of ether oxygens (including phenoxy) is 1. The van der Waals surface area contributed by atoms with Crippen molar-refractivity contribution in [1.29, 1.82) is 0 Å². The van der Waals surface area contributed by atoms with Gasteiger partial charge in [-0.15, -0.1) is 0 Å². The second-order valence-corrected chi connectivity index (χ2v) is 8.21. The predicted octanol–water partition coefficient (Wildman–Crippen LogP) is 3.83. The van der Waals surface area contributed by atoms with Crippen molar-refractivity contribution in [2.24, 2.45) is 4.99 Å². The number of carbonyl (C=O) groups excluding carboxylic acids is 2. The van der Waals surface area contributed by atoms with Crippen molar-refractivity contribution < 1.29 is 14.3 Å². The Morgan fingerprint density at radius 2 is 1.86 bits per heavy atom. The van der Waals surface area contributed by atoms with Crippen LogP contribution in [0.15, 0.2) is 65.7 Å². The van der Waals surface area contributed by atoms with E-state index in [1.807, 2.05) is 60.7 Å². The van der Waals surface area contributed by atoms with Gasteiger partial charge in [-0.25, -0.2) is 4.99 Å². The van der Waals surface area contributed by atoms with Gasteiger partial charge in [-0.3, -0.25) is 14.5 Å². The van der Waals surface area contributed by atoms with Gasteiger partial charge in [0.05, 0.1) is 18.3 Å². The van der Waals surface area contributed by atoms with E-state index in [-0.39, 0.29) is 24.3 Å². The standard InChI is InChI=1S/C22H23N3O3S/c26-20(23-16-8-3-1-4-9-16)14-19-21(27)25(15-18-12-7-13-28-18)22(29-19)24-17-10-5-2-6-11-17/h1-6,8-11,18-19H,7,12-15H2,(H,23,26). The molecule has 0 bridgehead atoms. The Bertz CT molecular complexity index is 883. The lowest BCUT2D eigenvalue weighted by Crippen LogP contribution is -2.38. The first kappa shape index (κ1) is 19.7. The Labute approximate surface area is 174 Å². The van der Waals surface area contributed by atoms with Gasteiger partial charge in [0.15, 0.2) is 5.17 Å². The number of benzene rings is 2. The van der Waals surface area contributed by atoms with Crippen LogP contribution in [0.3, 0.4) is 0 Å². The number of thioether (sulfide) groups is 1. The summed E-state index contributed by atoms with van der Waals surface area (Å²) in [6, 6.07) is 18.8. The first-order chi connectivity index (χ1) is 14.2. The molecule has 2 unspecified atom stereocenters. The molecule has 2 aromatic carbocycles. The third kappa shape index (κ3) is 5.05. The fourth-order valence-corrected chi connectivity index (χ4v) is 4.57. The molecule has 2 aliphatic heterocycles. The second-order valence-electron chi connectivity index (χ2n) is 7.04. The van der Waals surface area contributed by atoms with E-state index in [4.69, 9.17) is 4.74 Å². The van der Waals surface area contributed by atoms with Crippen molar-refractivity contribution >= 4 is 40.1 Å². The molecule has 0 aliphatic carbocycles. The maximum atomic E-state index is 13.1. The number of rotatable bonds is 6. The molecule has 4 rings (SSSR count). The molecule has 0 saturated carbocycles. The molecule has 2 aliphatic rings. The molecular formula is C22H23N3O3S. The number of carbonyl (C=O) groups is 2. The van der Waals surface area contributed by atoms with Gasteiger partial charge in [0, 0.05) is 18.7 Å². The molecule has 0 aromatic heterocycles. The number of para-hydroxylation sites is 2.